The van der Waals surface area contributed by atoms with Gasteiger partial charge in [0.05, 0.1) is 16.9 Å². The number of hydrogen-bond donors (Lipinski definition) is 1. The molecule has 0 aliphatic carbocycles. The molecule has 0 saturated heterocycles. The maximum Gasteiger partial charge on any atom is 0.262 e. The second kappa shape index (κ2) is 8.71. The summed E-state index contributed by atoms with van der Waals surface area (Å²) in [6.45, 7) is 6.65. The molecule has 4 rings (SSSR count). The molecule has 7 heteroatoms. The van der Waals surface area contributed by atoms with Gasteiger partial charge in [-0.2, -0.15) is 0 Å². The highest BCUT2D eigenvalue weighted by molar-refractivity contribution is 5.80. The van der Waals surface area contributed by atoms with Crippen LogP contribution in [0.4, 0.5) is 0 Å². The van der Waals surface area contributed by atoms with Crippen LogP contribution in [0.2, 0.25) is 0 Å². The molecule has 7 nitrogen and oxygen atoms in total. The summed E-state index contributed by atoms with van der Waals surface area (Å²) in [6.07, 6.45) is 0.716. The molecule has 2 aromatic carbocycles. The van der Waals surface area contributed by atoms with Crippen LogP contribution in [0.1, 0.15) is 44.6 Å². The number of aryl methyl sites for hydroxylation is 1. The highest BCUT2D eigenvalue weighted by Gasteiger charge is 2.18. The molecule has 0 aliphatic rings. The van der Waals surface area contributed by atoms with Gasteiger partial charge in [0, 0.05) is 19.4 Å². The first-order chi connectivity index (χ1) is 15.0. The molecule has 0 spiro atoms. The third kappa shape index (κ3) is 4.21. The number of para-hydroxylation sites is 1. The van der Waals surface area contributed by atoms with Gasteiger partial charge < -0.3 is 5.32 Å². The molecule has 0 fully saturated rings. The van der Waals surface area contributed by atoms with E-state index in [2.05, 4.69) is 29.4 Å². The van der Waals surface area contributed by atoms with Crippen LogP contribution in [0, 0.1) is 5.92 Å². The van der Waals surface area contributed by atoms with Crippen LogP contribution in [0.25, 0.3) is 16.7 Å². The van der Waals surface area contributed by atoms with Crippen molar-refractivity contribution >= 4 is 22.6 Å². The summed E-state index contributed by atoms with van der Waals surface area (Å²) >= 11 is 0. The fourth-order valence-electron chi connectivity index (χ4n) is 3.87. The van der Waals surface area contributed by atoms with Gasteiger partial charge in [-0.05, 0) is 30.5 Å². The molecule has 4 aromatic rings. The van der Waals surface area contributed by atoms with Crippen molar-refractivity contribution in [3.63, 3.8) is 0 Å². The van der Waals surface area contributed by atoms with Crippen LogP contribution >= 0.6 is 0 Å². The summed E-state index contributed by atoms with van der Waals surface area (Å²) in [6, 6.07) is 17.3. The number of nitrogens with zero attached hydrogens (tertiary/aromatic N) is 4. The monoisotopic (exact) mass is 417 g/mol. The summed E-state index contributed by atoms with van der Waals surface area (Å²) in [5.41, 5.74) is 1.76. The Morgan fingerprint density at radius 3 is 2.45 bits per heavy atom. The minimum Gasteiger partial charge on any atom is -0.350 e. The van der Waals surface area contributed by atoms with Crippen molar-refractivity contribution in [2.24, 2.45) is 5.92 Å². The van der Waals surface area contributed by atoms with Crippen molar-refractivity contribution in [1.29, 1.82) is 0 Å². The number of rotatable bonds is 7. The summed E-state index contributed by atoms with van der Waals surface area (Å²) in [7, 11) is 0. The van der Waals surface area contributed by atoms with E-state index in [1.165, 1.54) is 0 Å². The van der Waals surface area contributed by atoms with Crippen LogP contribution < -0.4 is 10.9 Å². The lowest BCUT2D eigenvalue weighted by atomic mass is 10.1. The van der Waals surface area contributed by atoms with Gasteiger partial charge in [-0.1, -0.05) is 56.3 Å². The third-order valence-electron chi connectivity index (χ3n) is 5.38. The normalized spacial score (nSPS) is 12.5. The zero-order chi connectivity index (χ0) is 22.0. The molecule has 1 amide bonds. The van der Waals surface area contributed by atoms with E-state index < -0.39 is 0 Å². The first kappa shape index (κ1) is 20.8. The second-order valence-corrected chi connectivity index (χ2v) is 8.28. The highest BCUT2D eigenvalue weighted by Crippen LogP contribution is 2.17. The molecule has 0 unspecified atom stereocenters. The van der Waals surface area contributed by atoms with Gasteiger partial charge in [0.25, 0.3) is 5.56 Å². The largest absolute Gasteiger partial charge is 0.350 e. The van der Waals surface area contributed by atoms with Gasteiger partial charge in [-0.3, -0.25) is 18.6 Å². The van der Waals surface area contributed by atoms with Crippen molar-refractivity contribution < 1.29 is 4.79 Å². The molecule has 2 heterocycles. The fraction of sp³-hybridized carbons (Fsp3) is 0.333. The van der Waals surface area contributed by atoms with E-state index >= 15 is 0 Å². The number of hydrogen-bond acceptors (Lipinski definition) is 4. The van der Waals surface area contributed by atoms with Crippen LogP contribution in [0.15, 0.2) is 59.4 Å². The number of fused-ring (bicyclic) bond motifs is 3. The Morgan fingerprint density at radius 2 is 1.71 bits per heavy atom. The molecule has 160 valence electrons. The molecule has 2 aromatic heterocycles. The highest BCUT2D eigenvalue weighted by atomic mass is 16.1. The average molecular weight is 418 g/mol. The van der Waals surface area contributed by atoms with Crippen molar-refractivity contribution in [1.82, 2.24) is 24.5 Å². The van der Waals surface area contributed by atoms with E-state index in [0.717, 1.165) is 11.1 Å². The molecule has 1 atom stereocenters. The third-order valence-corrected chi connectivity index (χ3v) is 5.38. The smallest absolute Gasteiger partial charge is 0.262 e. The molecule has 0 saturated carbocycles. The second-order valence-electron chi connectivity index (χ2n) is 8.28. The minimum absolute atomic E-state index is 0.0482. The van der Waals surface area contributed by atoms with E-state index in [4.69, 9.17) is 0 Å². The quantitative estimate of drug-likeness (QED) is 0.499. The first-order valence-corrected chi connectivity index (χ1v) is 10.7. The molecule has 31 heavy (non-hydrogen) atoms. The lowest BCUT2D eigenvalue weighted by Gasteiger charge is -2.14. The Morgan fingerprint density at radius 1 is 1.00 bits per heavy atom. The molecular formula is C24H27N5O2. The minimum atomic E-state index is -0.0686. The van der Waals surface area contributed by atoms with Gasteiger partial charge in [0.1, 0.15) is 5.82 Å². The fourth-order valence-corrected chi connectivity index (χ4v) is 3.87. The number of carbonyl (C=O) groups excluding carboxylic acids is 1. The number of aromatic nitrogens is 4. The topological polar surface area (TPSA) is 81.3 Å². The van der Waals surface area contributed by atoms with Crippen LogP contribution in [0.3, 0.4) is 0 Å². The number of nitrogens with one attached hydrogen (secondary N) is 1. The van der Waals surface area contributed by atoms with Crippen LogP contribution in [-0.4, -0.2) is 25.1 Å². The SMILES string of the molecule is CC(C)Cn1c(=O)c2ccccc2n2c(CCC(=O)N[C@H](C)c3ccccc3)nnc12. The van der Waals surface area contributed by atoms with Crippen molar-refractivity contribution in [3.8, 4) is 0 Å². The maximum atomic E-state index is 13.0. The number of benzene rings is 2. The van der Waals surface area contributed by atoms with Crippen molar-refractivity contribution in [2.75, 3.05) is 0 Å². The Hall–Kier alpha value is -3.48. The summed E-state index contributed by atoms with van der Waals surface area (Å²) in [4.78, 5) is 25.6. The Labute approximate surface area is 180 Å². The summed E-state index contributed by atoms with van der Waals surface area (Å²) in [5, 5.41) is 12.3. The van der Waals surface area contributed by atoms with E-state index in [-0.39, 0.29) is 29.8 Å². The molecule has 1 N–H and O–H groups in total. The standard InChI is InChI=1S/C24H27N5O2/c1-16(2)15-28-23(31)19-11-7-8-12-20(19)29-21(26-27-24(28)29)13-14-22(30)25-17(3)18-9-5-4-6-10-18/h4-12,16-17H,13-15H2,1-3H3,(H,25,30)/t17-/m1/s1. The predicted octanol–water partition coefficient (Wildman–Crippen LogP) is 3.51. The predicted molar refractivity (Wildman–Crippen MR) is 121 cm³/mol. The lowest BCUT2D eigenvalue weighted by Crippen LogP contribution is -2.27. The lowest BCUT2D eigenvalue weighted by molar-refractivity contribution is -0.121. The van der Waals surface area contributed by atoms with E-state index in [9.17, 15) is 9.59 Å². The van der Waals surface area contributed by atoms with Crippen molar-refractivity contribution in [3.05, 3.63) is 76.3 Å². The average Bonchev–Trinajstić information content (AvgIpc) is 3.19. The van der Waals surface area contributed by atoms with Crippen LogP contribution in [-0.2, 0) is 17.8 Å². The number of carbonyl (C=O) groups is 1. The van der Waals surface area contributed by atoms with Crippen LogP contribution in [0.5, 0.6) is 0 Å². The zero-order valence-electron chi connectivity index (χ0n) is 18.1. The van der Waals surface area contributed by atoms with E-state index in [0.29, 0.717) is 30.0 Å². The van der Waals surface area contributed by atoms with Gasteiger partial charge in [0.15, 0.2) is 0 Å². The zero-order valence-corrected chi connectivity index (χ0v) is 18.1. The van der Waals surface area contributed by atoms with Gasteiger partial charge >= 0.3 is 0 Å². The van der Waals surface area contributed by atoms with E-state index in [1.54, 1.807) is 4.57 Å². The Balaban J connectivity index is 1.62. The molecule has 0 bridgehead atoms. The van der Waals surface area contributed by atoms with Crippen molar-refractivity contribution in [2.45, 2.75) is 46.2 Å². The number of amides is 1. The Kier molecular flexibility index (Phi) is 5.84. The molecular weight excluding hydrogens is 390 g/mol. The maximum absolute atomic E-state index is 13.0. The van der Waals surface area contributed by atoms with Gasteiger partial charge in [-0.15, -0.1) is 10.2 Å². The van der Waals surface area contributed by atoms with Gasteiger partial charge in [0.2, 0.25) is 11.7 Å². The van der Waals surface area contributed by atoms with Gasteiger partial charge in [-0.25, -0.2) is 0 Å². The molecule has 0 radical (unpaired) electrons. The first-order valence-electron chi connectivity index (χ1n) is 10.7. The molecule has 0 aliphatic heterocycles. The van der Waals surface area contributed by atoms with E-state index in [1.807, 2.05) is 65.9 Å². The summed E-state index contributed by atoms with van der Waals surface area (Å²) < 4.78 is 3.59. The summed E-state index contributed by atoms with van der Waals surface area (Å²) in [5.74, 6) is 1.43. The Bertz CT molecular complexity index is 1270.